The van der Waals surface area contributed by atoms with Crippen molar-refractivity contribution in [2.45, 2.75) is 6.61 Å². The van der Waals surface area contributed by atoms with Crippen LogP contribution < -0.4 is 9.47 Å². The van der Waals surface area contributed by atoms with Crippen molar-refractivity contribution in [2.75, 3.05) is 7.11 Å². The topological polar surface area (TPSA) is 55.8 Å². The van der Waals surface area contributed by atoms with Crippen LogP contribution in [0.1, 0.15) is 15.9 Å². The second kappa shape index (κ2) is 8.07. The fraction of sp³-hybridized carbons (Fsp3) is 0.0800. The molecule has 0 aliphatic heterocycles. The molecule has 0 aliphatic carbocycles. The lowest BCUT2D eigenvalue weighted by Gasteiger charge is -2.14. The third-order valence-electron chi connectivity index (χ3n) is 4.89. The minimum absolute atomic E-state index is 0.129. The number of para-hydroxylation sites is 1. The van der Waals surface area contributed by atoms with E-state index in [4.69, 9.17) is 9.47 Å². The Labute approximate surface area is 169 Å². The average Bonchev–Trinajstić information content (AvgIpc) is 2.77. The summed E-state index contributed by atoms with van der Waals surface area (Å²) in [5.74, 6) is 0.0221. The van der Waals surface area contributed by atoms with Gasteiger partial charge in [0.25, 0.3) is 0 Å². The highest BCUT2D eigenvalue weighted by molar-refractivity contribution is 5.92. The average molecular weight is 384 g/mol. The highest BCUT2D eigenvalue weighted by atomic mass is 16.5. The summed E-state index contributed by atoms with van der Waals surface area (Å²) >= 11 is 0. The normalized spacial score (nSPS) is 10.7. The first-order valence-corrected chi connectivity index (χ1v) is 9.27. The molecular weight excluding hydrogens is 364 g/mol. The van der Waals surface area contributed by atoms with Gasteiger partial charge in [0.15, 0.2) is 0 Å². The number of aromatic carboxylic acids is 1. The fourth-order valence-electron chi connectivity index (χ4n) is 3.44. The van der Waals surface area contributed by atoms with Gasteiger partial charge in [0.05, 0.1) is 7.11 Å². The summed E-state index contributed by atoms with van der Waals surface area (Å²) in [6, 6.07) is 26.8. The van der Waals surface area contributed by atoms with Gasteiger partial charge in [0.2, 0.25) is 0 Å². The van der Waals surface area contributed by atoms with E-state index in [-0.39, 0.29) is 12.2 Å². The number of ether oxygens (including phenoxy) is 2. The lowest BCUT2D eigenvalue weighted by Crippen LogP contribution is -2.04. The van der Waals surface area contributed by atoms with E-state index in [2.05, 4.69) is 0 Å². The summed E-state index contributed by atoms with van der Waals surface area (Å²) in [6.07, 6.45) is 0. The van der Waals surface area contributed by atoms with Crippen molar-refractivity contribution >= 4 is 16.7 Å². The van der Waals surface area contributed by atoms with Crippen LogP contribution in [0.4, 0.5) is 0 Å². The van der Waals surface area contributed by atoms with Crippen LogP contribution in [0.5, 0.6) is 11.5 Å². The molecule has 0 unspecified atom stereocenters. The Morgan fingerprint density at radius 3 is 2.45 bits per heavy atom. The van der Waals surface area contributed by atoms with Gasteiger partial charge in [-0.2, -0.15) is 0 Å². The maximum absolute atomic E-state index is 11.7. The first-order valence-electron chi connectivity index (χ1n) is 9.27. The van der Waals surface area contributed by atoms with Gasteiger partial charge in [-0.15, -0.1) is 0 Å². The van der Waals surface area contributed by atoms with E-state index in [1.807, 2.05) is 66.7 Å². The van der Waals surface area contributed by atoms with E-state index in [0.29, 0.717) is 5.75 Å². The van der Waals surface area contributed by atoms with Crippen molar-refractivity contribution in [1.82, 2.24) is 0 Å². The predicted molar refractivity (Wildman–Crippen MR) is 114 cm³/mol. The number of benzene rings is 4. The molecule has 4 heteroatoms. The molecule has 0 saturated heterocycles. The number of carbonyl (C=O) groups is 1. The molecule has 0 saturated carbocycles. The zero-order valence-electron chi connectivity index (χ0n) is 16.0. The summed E-state index contributed by atoms with van der Waals surface area (Å²) in [6.45, 7) is 0.275. The molecule has 4 nitrogen and oxygen atoms in total. The van der Waals surface area contributed by atoms with Gasteiger partial charge < -0.3 is 14.6 Å². The molecule has 29 heavy (non-hydrogen) atoms. The zero-order chi connectivity index (χ0) is 20.2. The third-order valence-corrected chi connectivity index (χ3v) is 4.89. The monoisotopic (exact) mass is 384 g/mol. The molecule has 0 spiro atoms. The third kappa shape index (κ3) is 3.78. The molecule has 0 heterocycles. The lowest BCUT2D eigenvalue weighted by molar-refractivity contribution is 0.0692. The van der Waals surface area contributed by atoms with E-state index < -0.39 is 5.97 Å². The number of hydrogen-bond donors (Lipinski definition) is 1. The Bertz CT molecular complexity index is 1180. The maximum atomic E-state index is 11.7. The minimum atomic E-state index is -1.02. The highest BCUT2D eigenvalue weighted by Crippen LogP contribution is 2.34. The second-order valence-corrected chi connectivity index (χ2v) is 6.64. The van der Waals surface area contributed by atoms with Crippen molar-refractivity contribution in [3.05, 3.63) is 96.1 Å². The van der Waals surface area contributed by atoms with E-state index in [9.17, 15) is 9.90 Å². The SMILES string of the molecule is COc1ccccc1-c1ccc(C(=O)O)c(OCc2cccc3ccccc23)c1. The molecule has 4 aromatic carbocycles. The van der Waals surface area contributed by atoms with Crippen molar-refractivity contribution in [2.24, 2.45) is 0 Å². The Kier molecular flexibility index (Phi) is 5.16. The van der Waals surface area contributed by atoms with Crippen molar-refractivity contribution in [1.29, 1.82) is 0 Å². The summed E-state index contributed by atoms with van der Waals surface area (Å²) < 4.78 is 11.4. The van der Waals surface area contributed by atoms with Crippen LogP contribution in [0.3, 0.4) is 0 Å². The predicted octanol–water partition coefficient (Wildman–Crippen LogP) is 5.79. The quantitative estimate of drug-likeness (QED) is 0.457. The standard InChI is InChI=1S/C25H20O4/c1-28-23-12-5-4-11-21(23)18-13-14-22(25(26)27)24(15-18)29-16-19-9-6-8-17-7-2-3-10-20(17)19/h2-15H,16H2,1H3,(H,26,27). The van der Waals surface area contributed by atoms with Crippen LogP contribution in [0.25, 0.3) is 21.9 Å². The fourth-order valence-corrected chi connectivity index (χ4v) is 3.44. The zero-order valence-corrected chi connectivity index (χ0v) is 16.0. The molecule has 0 fully saturated rings. The lowest BCUT2D eigenvalue weighted by atomic mass is 10.0. The van der Waals surface area contributed by atoms with Crippen LogP contribution in [-0.4, -0.2) is 18.2 Å². The van der Waals surface area contributed by atoms with Crippen LogP contribution in [0.2, 0.25) is 0 Å². The Hall–Kier alpha value is -3.79. The van der Waals surface area contributed by atoms with E-state index in [0.717, 1.165) is 33.2 Å². The number of methoxy groups -OCH3 is 1. The van der Waals surface area contributed by atoms with E-state index in [1.54, 1.807) is 25.3 Å². The van der Waals surface area contributed by atoms with Gasteiger partial charge in [-0.05, 0) is 40.1 Å². The Morgan fingerprint density at radius 1 is 0.862 bits per heavy atom. The number of hydrogen-bond acceptors (Lipinski definition) is 3. The Balaban J connectivity index is 1.71. The first-order chi connectivity index (χ1) is 14.2. The largest absolute Gasteiger partial charge is 0.496 e. The number of fused-ring (bicyclic) bond motifs is 1. The molecule has 4 rings (SSSR count). The maximum Gasteiger partial charge on any atom is 0.339 e. The molecule has 0 aromatic heterocycles. The molecule has 4 aromatic rings. The minimum Gasteiger partial charge on any atom is -0.496 e. The summed E-state index contributed by atoms with van der Waals surface area (Å²) in [7, 11) is 1.61. The molecule has 0 amide bonds. The van der Waals surface area contributed by atoms with Crippen molar-refractivity contribution in [3.8, 4) is 22.6 Å². The second-order valence-electron chi connectivity index (χ2n) is 6.64. The number of rotatable bonds is 6. The molecule has 0 radical (unpaired) electrons. The molecular formula is C25H20O4. The van der Waals surface area contributed by atoms with E-state index in [1.165, 1.54) is 0 Å². The van der Waals surface area contributed by atoms with Crippen LogP contribution in [-0.2, 0) is 6.61 Å². The molecule has 1 N–H and O–H groups in total. The van der Waals surface area contributed by atoms with Gasteiger partial charge in [-0.1, -0.05) is 66.7 Å². The first kappa shape index (κ1) is 18.6. The Morgan fingerprint density at radius 2 is 1.62 bits per heavy atom. The molecule has 0 bridgehead atoms. The van der Waals surface area contributed by atoms with Gasteiger partial charge in [0.1, 0.15) is 23.7 Å². The van der Waals surface area contributed by atoms with Crippen LogP contribution in [0.15, 0.2) is 84.9 Å². The molecule has 0 aliphatic rings. The number of carboxylic acids is 1. The number of carboxylic acid groups (broad SMARTS) is 1. The van der Waals surface area contributed by atoms with Gasteiger partial charge in [0, 0.05) is 5.56 Å². The summed E-state index contributed by atoms with van der Waals surface area (Å²) in [5.41, 5.74) is 2.84. The van der Waals surface area contributed by atoms with Crippen LogP contribution >= 0.6 is 0 Å². The van der Waals surface area contributed by atoms with Gasteiger partial charge in [-0.25, -0.2) is 4.79 Å². The van der Waals surface area contributed by atoms with Crippen molar-refractivity contribution < 1.29 is 19.4 Å². The van der Waals surface area contributed by atoms with Gasteiger partial charge >= 0.3 is 5.97 Å². The van der Waals surface area contributed by atoms with E-state index >= 15 is 0 Å². The van der Waals surface area contributed by atoms with Crippen molar-refractivity contribution in [3.63, 3.8) is 0 Å². The summed E-state index contributed by atoms with van der Waals surface area (Å²) in [4.78, 5) is 11.7. The van der Waals surface area contributed by atoms with Crippen LogP contribution in [0, 0.1) is 0 Å². The summed E-state index contributed by atoms with van der Waals surface area (Å²) in [5, 5.41) is 11.8. The smallest absolute Gasteiger partial charge is 0.339 e. The highest BCUT2D eigenvalue weighted by Gasteiger charge is 2.15. The van der Waals surface area contributed by atoms with Gasteiger partial charge in [-0.3, -0.25) is 0 Å². The molecule has 144 valence electrons. The molecule has 0 atom stereocenters.